The highest BCUT2D eigenvalue weighted by molar-refractivity contribution is 6.30. The molecule has 0 fully saturated rings. The molecule has 0 atom stereocenters. The lowest BCUT2D eigenvalue weighted by Gasteiger charge is -1.95. The summed E-state index contributed by atoms with van der Waals surface area (Å²) in [7, 11) is 0. The van der Waals surface area contributed by atoms with Crippen LogP contribution in [0.3, 0.4) is 0 Å². The van der Waals surface area contributed by atoms with Gasteiger partial charge in [0.25, 0.3) is 0 Å². The standard InChI is InChI=1S/C7H7ClN2.HI/c8-6-3-1-5(2-4-6)7(9)10;/h1-4H,(H3,9,10);1H. The molecule has 0 aliphatic heterocycles. The van der Waals surface area contributed by atoms with Crippen LogP contribution >= 0.6 is 11.6 Å². The predicted octanol–water partition coefficient (Wildman–Crippen LogP) is -1.26. The smallest absolute Gasteiger partial charge is 1.00 e. The minimum atomic E-state index is 0. The molecule has 2 nitrogen and oxygen atoms in total. The van der Waals surface area contributed by atoms with Crippen molar-refractivity contribution >= 4 is 17.4 Å². The molecule has 0 unspecified atom stereocenters. The van der Waals surface area contributed by atoms with Gasteiger partial charge in [0.15, 0.2) is 0 Å². The van der Waals surface area contributed by atoms with Crippen molar-refractivity contribution in [3.8, 4) is 0 Å². The Morgan fingerprint density at radius 3 is 2.18 bits per heavy atom. The van der Waals surface area contributed by atoms with Crippen LogP contribution in [0.2, 0.25) is 5.02 Å². The third-order valence-corrected chi connectivity index (χ3v) is 1.41. The summed E-state index contributed by atoms with van der Waals surface area (Å²) < 4.78 is 0. The van der Waals surface area contributed by atoms with Crippen LogP contribution in [-0.2, 0) is 0 Å². The van der Waals surface area contributed by atoms with Crippen molar-refractivity contribution < 1.29 is 25.4 Å². The lowest BCUT2D eigenvalue weighted by atomic mass is 10.2. The number of nitrogens with one attached hydrogen (secondary N) is 1. The molecule has 0 aromatic heterocycles. The number of hydrogen-bond acceptors (Lipinski definition) is 1. The van der Waals surface area contributed by atoms with Crippen LogP contribution in [0.15, 0.2) is 24.3 Å². The normalized spacial score (nSPS) is 8.45. The highest BCUT2D eigenvalue weighted by atomic mass is 127. The number of halogens is 2. The van der Waals surface area contributed by atoms with Crippen LogP contribution in [0, 0.1) is 5.41 Å². The van der Waals surface area contributed by atoms with E-state index in [2.05, 4.69) is 0 Å². The Kier molecular flexibility index (Phi) is 4.44. The van der Waals surface area contributed by atoms with Crippen LogP contribution in [-0.4, -0.2) is 5.84 Å². The van der Waals surface area contributed by atoms with E-state index in [9.17, 15) is 0 Å². The fourth-order valence-corrected chi connectivity index (χ4v) is 0.755. The molecule has 0 radical (unpaired) electrons. The molecule has 1 aromatic carbocycles. The first-order valence-electron chi connectivity index (χ1n) is 2.80. The summed E-state index contributed by atoms with van der Waals surface area (Å²) in [4.78, 5) is 0. The summed E-state index contributed by atoms with van der Waals surface area (Å²) in [5.41, 5.74) is 5.90. The molecule has 0 aliphatic rings. The Balaban J connectivity index is 0. The number of nitrogen functional groups attached to an aromatic ring is 1. The fourth-order valence-electron chi connectivity index (χ4n) is 0.629. The number of hydrogen-bond donors (Lipinski definition) is 2. The summed E-state index contributed by atoms with van der Waals surface area (Å²) in [5.74, 6) is 0.0664. The molecule has 0 bridgehead atoms. The molecule has 0 aliphatic carbocycles. The molecule has 1 rings (SSSR count). The molecule has 0 heterocycles. The van der Waals surface area contributed by atoms with E-state index in [1.165, 1.54) is 0 Å². The van der Waals surface area contributed by atoms with Gasteiger partial charge in [-0.3, -0.25) is 5.41 Å². The van der Waals surface area contributed by atoms with Crippen molar-refractivity contribution in [1.29, 1.82) is 5.41 Å². The zero-order valence-electron chi connectivity index (χ0n) is 6.64. The first kappa shape index (κ1) is 10.7. The topological polar surface area (TPSA) is 49.9 Å². The fraction of sp³-hybridized carbons (Fsp3) is 0. The van der Waals surface area contributed by atoms with E-state index in [0.29, 0.717) is 10.6 Å². The van der Waals surface area contributed by atoms with Crippen LogP contribution in [0.1, 0.15) is 6.99 Å². The van der Waals surface area contributed by atoms with Gasteiger partial charge in [-0.05, 0) is 24.3 Å². The van der Waals surface area contributed by atoms with Gasteiger partial charge < -0.3 is 29.7 Å². The summed E-state index contributed by atoms with van der Waals surface area (Å²) in [5, 5.41) is 7.70. The molecular weight excluding hydrogens is 274 g/mol. The molecule has 60 valence electrons. The molecule has 0 spiro atoms. The molecular formula is C7H8ClIN2. The Morgan fingerprint density at radius 2 is 1.82 bits per heavy atom. The second-order valence-electron chi connectivity index (χ2n) is 1.92. The quantitative estimate of drug-likeness (QED) is 0.377. The molecule has 11 heavy (non-hydrogen) atoms. The van der Waals surface area contributed by atoms with Crippen LogP contribution in [0.25, 0.3) is 0 Å². The summed E-state index contributed by atoms with van der Waals surface area (Å²) in [6, 6.07) is 6.84. The van der Waals surface area contributed by atoms with Gasteiger partial charge in [-0.15, -0.1) is 0 Å². The van der Waals surface area contributed by atoms with Gasteiger partial charge in [-0.1, -0.05) is 11.6 Å². The van der Waals surface area contributed by atoms with E-state index in [1.807, 2.05) is 0 Å². The zero-order valence-corrected chi connectivity index (χ0v) is 8.56. The van der Waals surface area contributed by atoms with Gasteiger partial charge in [0.2, 0.25) is 0 Å². The average Bonchev–Trinajstić information content (AvgIpc) is 1.88. The predicted molar refractivity (Wildman–Crippen MR) is 43.6 cm³/mol. The molecule has 3 N–H and O–H groups in total. The van der Waals surface area contributed by atoms with E-state index in [0.717, 1.165) is 0 Å². The zero-order chi connectivity index (χ0) is 7.56. The van der Waals surface area contributed by atoms with Crippen molar-refractivity contribution in [2.75, 3.05) is 0 Å². The molecule has 0 saturated carbocycles. The molecule has 0 saturated heterocycles. The van der Waals surface area contributed by atoms with E-state index in [1.54, 1.807) is 24.3 Å². The van der Waals surface area contributed by atoms with Gasteiger partial charge in [0, 0.05) is 10.6 Å². The van der Waals surface area contributed by atoms with Crippen LogP contribution < -0.4 is 29.7 Å². The largest absolute Gasteiger partial charge is 1.00 e. The average molecular weight is 283 g/mol. The van der Waals surface area contributed by atoms with E-state index >= 15 is 0 Å². The Hall–Kier alpha value is -0.290. The lowest BCUT2D eigenvalue weighted by molar-refractivity contribution is -0.00000232. The van der Waals surface area contributed by atoms with Crippen LogP contribution in [0.4, 0.5) is 0 Å². The molecule has 4 heteroatoms. The molecule has 1 aromatic rings. The van der Waals surface area contributed by atoms with E-state index < -0.39 is 0 Å². The number of amidine groups is 1. The maximum atomic E-state index is 7.04. The Labute approximate surface area is 88.8 Å². The van der Waals surface area contributed by atoms with Gasteiger partial charge >= 0.3 is 1.43 Å². The van der Waals surface area contributed by atoms with Crippen molar-refractivity contribution in [1.82, 2.24) is 0 Å². The molecule has 0 amide bonds. The Bertz CT molecular complexity index is 250. The highest BCUT2D eigenvalue weighted by Crippen LogP contribution is 2.08. The summed E-state index contributed by atoms with van der Waals surface area (Å²) in [6.07, 6.45) is 0. The van der Waals surface area contributed by atoms with E-state index in [4.69, 9.17) is 22.7 Å². The second kappa shape index (κ2) is 4.56. The number of nitrogens with two attached hydrogens (primary N) is 1. The maximum absolute atomic E-state index is 7.04. The lowest BCUT2D eigenvalue weighted by Crippen LogP contribution is -3.00. The van der Waals surface area contributed by atoms with Gasteiger partial charge in [-0.2, -0.15) is 0 Å². The maximum Gasteiger partial charge on any atom is 1.00 e. The number of benzene rings is 1. The number of rotatable bonds is 1. The van der Waals surface area contributed by atoms with Gasteiger partial charge in [-0.25, -0.2) is 0 Å². The minimum Gasteiger partial charge on any atom is -1.00 e. The van der Waals surface area contributed by atoms with Gasteiger partial charge in [0.1, 0.15) is 5.84 Å². The minimum absolute atomic E-state index is 0. The second-order valence-corrected chi connectivity index (χ2v) is 2.36. The van der Waals surface area contributed by atoms with Crippen molar-refractivity contribution in [3.05, 3.63) is 34.9 Å². The van der Waals surface area contributed by atoms with E-state index in [-0.39, 0.29) is 31.2 Å². The third kappa shape index (κ3) is 3.07. The first-order chi connectivity index (χ1) is 4.70. The first-order valence-corrected chi connectivity index (χ1v) is 3.18. The Morgan fingerprint density at radius 1 is 1.36 bits per heavy atom. The monoisotopic (exact) mass is 282 g/mol. The van der Waals surface area contributed by atoms with Crippen molar-refractivity contribution in [2.45, 2.75) is 0 Å². The SMILES string of the molecule is N=C(N)c1ccc(Cl)cc1.[H+].[I-]. The van der Waals surface area contributed by atoms with Gasteiger partial charge in [0.05, 0.1) is 0 Å². The van der Waals surface area contributed by atoms with Crippen molar-refractivity contribution in [3.63, 3.8) is 0 Å². The third-order valence-electron chi connectivity index (χ3n) is 1.16. The van der Waals surface area contributed by atoms with Crippen LogP contribution in [0.5, 0.6) is 0 Å². The highest BCUT2D eigenvalue weighted by Gasteiger charge is 1.93. The summed E-state index contributed by atoms with van der Waals surface area (Å²) >= 11 is 5.61. The van der Waals surface area contributed by atoms with Crippen molar-refractivity contribution in [2.24, 2.45) is 5.73 Å². The summed E-state index contributed by atoms with van der Waals surface area (Å²) in [6.45, 7) is 0.